The first kappa shape index (κ1) is 30.1. The first-order valence-electron chi connectivity index (χ1n) is 11.3. The van der Waals surface area contributed by atoms with E-state index in [1.807, 2.05) is 0 Å². The zero-order chi connectivity index (χ0) is 28.5. The van der Waals surface area contributed by atoms with Crippen LogP contribution in [-0.2, 0) is 30.8 Å². The minimum absolute atomic E-state index is 0.0420. The number of benzene rings is 2. The Labute approximate surface area is 223 Å². The highest BCUT2D eigenvalue weighted by molar-refractivity contribution is 7.93. The molecule has 7 nitrogen and oxygen atoms in total. The van der Waals surface area contributed by atoms with Crippen molar-refractivity contribution in [2.24, 2.45) is 0 Å². The minimum Gasteiger partial charge on any atom is -0.347 e. The molecule has 3 rings (SSSR count). The average Bonchev–Trinajstić information content (AvgIpc) is 2.82. The molecule has 1 saturated heterocycles. The van der Waals surface area contributed by atoms with Crippen molar-refractivity contribution < 1.29 is 39.2 Å². The molecule has 0 unspecified atom stereocenters. The topological polar surface area (TPSA) is 101 Å². The van der Waals surface area contributed by atoms with Crippen LogP contribution < -0.4 is 5.32 Å². The number of halogens is 5. The smallest absolute Gasteiger partial charge is 0.347 e. The van der Waals surface area contributed by atoms with E-state index in [4.69, 9.17) is 11.6 Å². The third kappa shape index (κ3) is 6.93. The van der Waals surface area contributed by atoms with Gasteiger partial charge in [0.2, 0.25) is 10.0 Å². The SMILES string of the molecule is C[C@@H](/C=C\S(C)(=O)=O)NC(=O)C1(F)CCN(S(=O)(=O)c2ccc(C(F)(F)F)cc2-c2ccccc2Cl)CC1. The maximum absolute atomic E-state index is 15.4. The van der Waals surface area contributed by atoms with Gasteiger partial charge in [-0.05, 0) is 31.2 Å². The van der Waals surface area contributed by atoms with Gasteiger partial charge < -0.3 is 5.32 Å². The van der Waals surface area contributed by atoms with Crippen molar-refractivity contribution in [3.8, 4) is 11.1 Å². The van der Waals surface area contributed by atoms with E-state index >= 15 is 4.39 Å². The van der Waals surface area contributed by atoms with Crippen LogP contribution in [0.4, 0.5) is 17.6 Å². The highest BCUT2D eigenvalue weighted by atomic mass is 35.5. The Morgan fingerprint density at radius 3 is 2.24 bits per heavy atom. The van der Waals surface area contributed by atoms with Crippen molar-refractivity contribution >= 4 is 37.4 Å². The number of hydrogen-bond donors (Lipinski definition) is 1. The van der Waals surface area contributed by atoms with Crippen LogP contribution in [0.25, 0.3) is 11.1 Å². The summed E-state index contributed by atoms with van der Waals surface area (Å²) in [6, 6.07) is 7.24. The standard InChI is InChI=1S/C24H25ClF4N2O5S2/c1-16(9-14-37(2,33)34)30-22(32)23(26)10-12-31(13-11-23)38(35,36)21-8-7-17(24(27,28)29)15-19(21)18-5-3-4-6-20(18)25/h3-9,14-16H,10-13H2,1-2H3,(H,30,32)/b14-9-/t16-/m0/s1. The summed E-state index contributed by atoms with van der Waals surface area (Å²) in [5, 5.41) is 3.27. The number of nitrogens with one attached hydrogen (secondary N) is 1. The van der Waals surface area contributed by atoms with Gasteiger partial charge in [-0.1, -0.05) is 35.9 Å². The number of amides is 1. The van der Waals surface area contributed by atoms with Gasteiger partial charge in [-0.15, -0.1) is 0 Å². The fraction of sp³-hybridized carbons (Fsp3) is 0.375. The van der Waals surface area contributed by atoms with Crippen molar-refractivity contribution in [2.75, 3.05) is 19.3 Å². The molecule has 0 saturated carbocycles. The maximum Gasteiger partial charge on any atom is 0.416 e. The van der Waals surface area contributed by atoms with Crippen LogP contribution in [-0.4, -0.2) is 58.1 Å². The van der Waals surface area contributed by atoms with E-state index < -0.39 is 80.0 Å². The Balaban J connectivity index is 1.87. The zero-order valence-electron chi connectivity index (χ0n) is 20.3. The molecule has 1 heterocycles. The summed E-state index contributed by atoms with van der Waals surface area (Å²) in [5.74, 6) is -1.02. The van der Waals surface area contributed by atoms with Gasteiger partial charge in [-0.25, -0.2) is 21.2 Å². The predicted octanol–water partition coefficient (Wildman–Crippen LogP) is 4.58. The molecule has 0 bridgehead atoms. The van der Waals surface area contributed by atoms with Crippen LogP contribution in [0.1, 0.15) is 25.3 Å². The molecule has 2 aromatic rings. The number of carbonyl (C=O) groups is 1. The first-order valence-corrected chi connectivity index (χ1v) is 15.1. The van der Waals surface area contributed by atoms with Gasteiger partial charge in [0.05, 0.1) is 10.5 Å². The van der Waals surface area contributed by atoms with Crippen molar-refractivity contribution in [3.05, 3.63) is 64.5 Å². The van der Waals surface area contributed by atoms with Gasteiger partial charge in [0.1, 0.15) is 0 Å². The summed E-state index contributed by atoms with van der Waals surface area (Å²) in [6.07, 6.45) is -3.63. The molecule has 2 aromatic carbocycles. The number of carbonyl (C=O) groups excluding carboxylic acids is 1. The van der Waals surface area contributed by atoms with E-state index in [0.29, 0.717) is 12.1 Å². The quantitative estimate of drug-likeness (QED) is 0.472. The second kappa shape index (κ2) is 10.9. The molecule has 0 radical (unpaired) electrons. The highest BCUT2D eigenvalue weighted by Crippen LogP contribution is 2.40. The van der Waals surface area contributed by atoms with Gasteiger partial charge in [-0.3, -0.25) is 4.79 Å². The summed E-state index contributed by atoms with van der Waals surface area (Å²) in [5.41, 5.74) is -3.67. The number of piperidine rings is 1. The zero-order valence-corrected chi connectivity index (χ0v) is 22.7. The van der Waals surface area contributed by atoms with Crippen LogP contribution in [0.15, 0.2) is 58.8 Å². The third-order valence-corrected chi connectivity index (χ3v) is 8.92. The van der Waals surface area contributed by atoms with Crippen LogP contribution in [0.3, 0.4) is 0 Å². The maximum atomic E-state index is 15.4. The summed E-state index contributed by atoms with van der Waals surface area (Å²) in [6.45, 7) is 0.620. The molecule has 38 heavy (non-hydrogen) atoms. The number of hydrogen-bond acceptors (Lipinski definition) is 5. The molecule has 1 atom stereocenters. The second-order valence-corrected chi connectivity index (χ2v) is 13.2. The molecule has 1 aliphatic heterocycles. The molecule has 1 aliphatic rings. The number of nitrogens with zero attached hydrogens (tertiary/aromatic N) is 1. The number of alkyl halides is 4. The van der Waals surface area contributed by atoms with E-state index in [9.17, 15) is 34.8 Å². The normalized spacial score (nSPS) is 17.9. The lowest BCUT2D eigenvalue weighted by atomic mass is 9.93. The van der Waals surface area contributed by atoms with Crippen molar-refractivity contribution in [3.63, 3.8) is 0 Å². The second-order valence-electron chi connectivity index (χ2n) is 8.98. The molecular weight excluding hydrogens is 572 g/mol. The lowest BCUT2D eigenvalue weighted by Gasteiger charge is -2.35. The molecule has 0 spiro atoms. The molecule has 208 valence electrons. The fourth-order valence-electron chi connectivity index (χ4n) is 3.91. The predicted molar refractivity (Wildman–Crippen MR) is 135 cm³/mol. The molecular formula is C24H25ClF4N2O5S2. The molecule has 0 aromatic heterocycles. The van der Waals surface area contributed by atoms with Crippen LogP contribution in [0, 0.1) is 0 Å². The number of rotatable bonds is 7. The number of sulfone groups is 1. The monoisotopic (exact) mass is 596 g/mol. The Morgan fingerprint density at radius 2 is 1.68 bits per heavy atom. The summed E-state index contributed by atoms with van der Waals surface area (Å²) < 4.78 is 106. The first-order chi connectivity index (χ1) is 17.4. The van der Waals surface area contributed by atoms with Crippen LogP contribution in [0.5, 0.6) is 0 Å². The molecule has 1 amide bonds. The van der Waals surface area contributed by atoms with E-state index in [1.165, 1.54) is 31.2 Å². The Morgan fingerprint density at radius 1 is 1.08 bits per heavy atom. The van der Waals surface area contributed by atoms with Gasteiger partial charge in [0.15, 0.2) is 15.5 Å². The van der Waals surface area contributed by atoms with Gasteiger partial charge in [-0.2, -0.15) is 17.5 Å². The van der Waals surface area contributed by atoms with Crippen LogP contribution >= 0.6 is 11.6 Å². The van der Waals surface area contributed by atoms with E-state index in [1.54, 1.807) is 6.07 Å². The summed E-state index contributed by atoms with van der Waals surface area (Å²) >= 11 is 6.17. The summed E-state index contributed by atoms with van der Waals surface area (Å²) in [4.78, 5) is 12.1. The largest absolute Gasteiger partial charge is 0.416 e. The Hall–Kier alpha value is -2.48. The van der Waals surface area contributed by atoms with Crippen molar-refractivity contribution in [1.82, 2.24) is 9.62 Å². The highest BCUT2D eigenvalue weighted by Gasteiger charge is 2.45. The van der Waals surface area contributed by atoms with E-state index in [-0.39, 0.29) is 16.1 Å². The molecule has 1 fully saturated rings. The molecule has 14 heteroatoms. The Kier molecular flexibility index (Phi) is 8.66. The molecule has 1 N–H and O–H groups in total. The van der Waals surface area contributed by atoms with Crippen LogP contribution in [0.2, 0.25) is 5.02 Å². The van der Waals surface area contributed by atoms with Gasteiger partial charge in [0.25, 0.3) is 5.91 Å². The number of sulfonamides is 1. The van der Waals surface area contributed by atoms with Gasteiger partial charge in [0, 0.05) is 59.8 Å². The third-order valence-electron chi connectivity index (χ3n) is 5.98. The molecule has 0 aliphatic carbocycles. The van der Waals surface area contributed by atoms with Crippen molar-refractivity contribution in [2.45, 2.75) is 42.5 Å². The Bertz CT molecular complexity index is 1450. The minimum atomic E-state index is -4.74. The lowest BCUT2D eigenvalue weighted by Crippen LogP contribution is -2.53. The van der Waals surface area contributed by atoms with E-state index in [2.05, 4.69) is 5.32 Å². The summed E-state index contributed by atoms with van der Waals surface area (Å²) in [7, 11) is -7.86. The fourth-order valence-corrected chi connectivity index (χ4v) is 6.30. The lowest BCUT2D eigenvalue weighted by molar-refractivity contribution is -0.137. The van der Waals surface area contributed by atoms with Crippen molar-refractivity contribution in [1.29, 1.82) is 0 Å². The van der Waals surface area contributed by atoms with Gasteiger partial charge >= 0.3 is 6.18 Å². The van der Waals surface area contributed by atoms with E-state index in [0.717, 1.165) is 22.0 Å². The average molecular weight is 597 g/mol.